The highest BCUT2D eigenvalue weighted by atomic mass is 32.1. The Morgan fingerprint density at radius 1 is 1.75 bits per heavy atom. The molecule has 5 heteroatoms. The number of carbonyl (C=O) groups is 1. The van der Waals surface area contributed by atoms with E-state index in [0.29, 0.717) is 5.56 Å². The largest absolute Gasteiger partial charge is 0.365 e. The number of fused-ring (bicyclic) bond motifs is 1. The van der Waals surface area contributed by atoms with Crippen molar-refractivity contribution in [3.63, 3.8) is 0 Å². The minimum absolute atomic E-state index is 0.390. The molecule has 1 aliphatic rings. The van der Waals surface area contributed by atoms with Gasteiger partial charge in [-0.05, 0) is 6.42 Å². The molecule has 64 valence electrons. The summed E-state index contributed by atoms with van der Waals surface area (Å²) in [5, 5.41) is 7.11. The van der Waals surface area contributed by atoms with Gasteiger partial charge in [0.15, 0.2) is 0 Å². The quantitative estimate of drug-likeness (QED) is 0.476. The Morgan fingerprint density at radius 2 is 2.58 bits per heavy atom. The molecule has 0 radical (unpaired) electrons. The minimum Gasteiger partial charge on any atom is -0.365 e. The van der Waals surface area contributed by atoms with Crippen LogP contribution in [0, 0.1) is 0 Å². The van der Waals surface area contributed by atoms with E-state index < -0.39 is 0 Å². The van der Waals surface area contributed by atoms with Crippen molar-refractivity contribution >= 4 is 22.6 Å². The van der Waals surface area contributed by atoms with Gasteiger partial charge in [0.2, 0.25) is 0 Å². The number of hydrogen-bond donors (Lipinski definition) is 2. The average molecular weight is 183 g/mol. The van der Waals surface area contributed by atoms with Crippen molar-refractivity contribution in [2.75, 3.05) is 0 Å². The molecule has 1 aromatic heterocycles. The normalized spacial score (nSPS) is 15.0. The summed E-state index contributed by atoms with van der Waals surface area (Å²) >= 11 is 1.04. The Morgan fingerprint density at radius 3 is 3.33 bits per heavy atom. The van der Waals surface area contributed by atoms with Crippen molar-refractivity contribution in [1.29, 1.82) is 0 Å². The molecular formula is C7H9N3OS. The molecule has 4 nitrogen and oxygen atoms in total. The third-order valence-electron chi connectivity index (χ3n) is 1.76. The molecule has 0 aromatic carbocycles. The zero-order chi connectivity index (χ0) is 8.55. The predicted octanol–water partition coefficient (Wildman–Crippen LogP) is 0.0123. The molecule has 0 aliphatic carbocycles. The van der Waals surface area contributed by atoms with Gasteiger partial charge in [-0.25, -0.2) is 0 Å². The summed E-state index contributed by atoms with van der Waals surface area (Å²) in [6, 6.07) is 0. The van der Waals surface area contributed by atoms with Gasteiger partial charge in [0.25, 0.3) is 5.91 Å². The maximum Gasteiger partial charge on any atom is 0.253 e. The summed E-state index contributed by atoms with van der Waals surface area (Å²) in [6.07, 6.45) is 2.55. The molecule has 0 bridgehead atoms. The molecule has 2 N–H and O–H groups in total. The molecule has 1 aliphatic heterocycles. The minimum atomic E-state index is -0.390. The lowest BCUT2D eigenvalue weighted by atomic mass is 10.3. The van der Waals surface area contributed by atoms with Gasteiger partial charge < -0.3 is 5.73 Å². The van der Waals surface area contributed by atoms with Crippen LogP contribution in [0.15, 0.2) is 11.2 Å². The van der Waals surface area contributed by atoms with Gasteiger partial charge in [-0.3, -0.25) is 9.48 Å². The summed E-state index contributed by atoms with van der Waals surface area (Å²) in [7, 11) is 0. The fourth-order valence-corrected chi connectivity index (χ4v) is 2.19. The predicted molar refractivity (Wildman–Crippen MR) is 48.7 cm³/mol. The Kier molecular flexibility index (Phi) is 1.73. The van der Waals surface area contributed by atoms with Crippen LogP contribution < -0.4 is 5.73 Å². The molecule has 0 saturated carbocycles. The molecule has 0 atom stereocenters. The Bertz CT molecular complexity index is 356. The van der Waals surface area contributed by atoms with Crippen LogP contribution >= 0.6 is 11.4 Å². The first-order valence-corrected chi connectivity index (χ1v) is 4.63. The van der Waals surface area contributed by atoms with Crippen LogP contribution in [0.2, 0.25) is 0 Å². The first-order valence-electron chi connectivity index (χ1n) is 3.67. The van der Waals surface area contributed by atoms with E-state index in [1.807, 2.05) is 4.68 Å². The average Bonchev–Trinajstić information content (AvgIpc) is 2.47. The van der Waals surface area contributed by atoms with Crippen LogP contribution in [0.4, 0.5) is 0 Å². The molecule has 1 aromatic rings. The summed E-state index contributed by atoms with van der Waals surface area (Å²) in [6.45, 7) is 0.857. The topological polar surface area (TPSA) is 60.9 Å². The molecule has 2 heterocycles. The standard InChI is InChI=1S/C7H9N3OS/c8-6(11)5-4-9-10-2-1-3-12-7(5)10/h3-4,12H,1-2H2,(H2,8,11). The van der Waals surface area contributed by atoms with Gasteiger partial charge in [-0.15, -0.1) is 0 Å². The van der Waals surface area contributed by atoms with Crippen molar-refractivity contribution in [2.24, 2.45) is 5.73 Å². The first kappa shape index (κ1) is 7.54. The van der Waals surface area contributed by atoms with Crippen LogP contribution in [0.3, 0.4) is 0 Å². The maximum atomic E-state index is 10.9. The van der Waals surface area contributed by atoms with Crippen LogP contribution in [-0.4, -0.2) is 21.1 Å². The van der Waals surface area contributed by atoms with E-state index in [2.05, 4.69) is 10.5 Å². The lowest BCUT2D eigenvalue weighted by molar-refractivity contribution is 0.0997. The third kappa shape index (κ3) is 1.06. The number of nitrogens with zero attached hydrogens (tertiary/aromatic N) is 2. The SMILES string of the molecule is NC(=O)c1cnn2c1[SH]=CCC2. The number of rotatable bonds is 1. The number of hydrogen-bond acceptors (Lipinski definition) is 2. The zero-order valence-corrected chi connectivity index (χ0v) is 7.29. The van der Waals surface area contributed by atoms with E-state index in [-0.39, 0.29) is 5.91 Å². The van der Waals surface area contributed by atoms with Gasteiger partial charge in [-0.2, -0.15) is 16.4 Å². The van der Waals surface area contributed by atoms with Gasteiger partial charge in [0, 0.05) is 6.54 Å². The number of nitrogens with two attached hydrogens (primary N) is 1. The van der Waals surface area contributed by atoms with Gasteiger partial charge in [0.05, 0.1) is 16.8 Å². The number of aryl methyl sites for hydroxylation is 1. The van der Waals surface area contributed by atoms with E-state index in [1.165, 1.54) is 0 Å². The molecule has 2 rings (SSSR count). The van der Waals surface area contributed by atoms with Crippen LogP contribution in [-0.2, 0) is 6.54 Å². The van der Waals surface area contributed by atoms with Crippen molar-refractivity contribution in [3.8, 4) is 0 Å². The van der Waals surface area contributed by atoms with Crippen molar-refractivity contribution in [3.05, 3.63) is 11.8 Å². The van der Waals surface area contributed by atoms with Crippen LogP contribution in [0.1, 0.15) is 16.8 Å². The summed E-state index contributed by atoms with van der Waals surface area (Å²) in [5.74, 6) is -0.390. The summed E-state index contributed by atoms with van der Waals surface area (Å²) in [5.41, 5.74) is 5.72. The Labute approximate surface area is 73.3 Å². The van der Waals surface area contributed by atoms with Crippen LogP contribution in [0.5, 0.6) is 0 Å². The number of carbonyl (C=O) groups excluding carboxylic acids is 1. The van der Waals surface area contributed by atoms with Gasteiger partial charge >= 0.3 is 0 Å². The van der Waals surface area contributed by atoms with E-state index in [9.17, 15) is 4.79 Å². The van der Waals surface area contributed by atoms with Crippen molar-refractivity contribution < 1.29 is 4.79 Å². The molecule has 1 amide bonds. The lowest BCUT2D eigenvalue weighted by Gasteiger charge is -2.07. The summed E-state index contributed by atoms with van der Waals surface area (Å²) in [4.78, 5) is 10.9. The summed E-state index contributed by atoms with van der Waals surface area (Å²) < 4.78 is 1.83. The Balaban J connectivity index is 2.54. The lowest BCUT2D eigenvalue weighted by Crippen LogP contribution is -2.13. The number of thiol groups is 1. The van der Waals surface area contributed by atoms with E-state index in [1.54, 1.807) is 6.20 Å². The van der Waals surface area contributed by atoms with E-state index in [0.717, 1.165) is 29.3 Å². The fraction of sp³-hybridized carbons (Fsp3) is 0.286. The monoisotopic (exact) mass is 183 g/mol. The molecule has 0 fully saturated rings. The van der Waals surface area contributed by atoms with Gasteiger partial charge in [0.1, 0.15) is 0 Å². The smallest absolute Gasteiger partial charge is 0.253 e. The first-order chi connectivity index (χ1) is 5.79. The second kappa shape index (κ2) is 2.75. The maximum absolute atomic E-state index is 10.9. The van der Waals surface area contributed by atoms with E-state index in [4.69, 9.17) is 5.73 Å². The van der Waals surface area contributed by atoms with Gasteiger partial charge in [-0.1, -0.05) is 5.37 Å². The van der Waals surface area contributed by atoms with E-state index >= 15 is 0 Å². The van der Waals surface area contributed by atoms with Crippen LogP contribution in [0.25, 0.3) is 0 Å². The van der Waals surface area contributed by atoms with Crippen molar-refractivity contribution in [2.45, 2.75) is 18.0 Å². The number of primary amides is 1. The second-order valence-corrected chi connectivity index (χ2v) is 3.62. The Hall–Kier alpha value is -1.10. The molecule has 0 spiro atoms. The fourth-order valence-electron chi connectivity index (χ4n) is 1.18. The zero-order valence-electron chi connectivity index (χ0n) is 6.40. The highest BCUT2D eigenvalue weighted by Gasteiger charge is 2.13. The molecule has 12 heavy (non-hydrogen) atoms. The van der Waals surface area contributed by atoms with Crippen molar-refractivity contribution in [1.82, 2.24) is 9.78 Å². The molecular weight excluding hydrogens is 174 g/mol. The number of amides is 1. The second-order valence-electron chi connectivity index (χ2n) is 2.57. The number of aromatic nitrogens is 2. The highest BCUT2D eigenvalue weighted by molar-refractivity contribution is 7.97. The molecule has 0 saturated heterocycles. The molecule has 0 unspecified atom stereocenters. The third-order valence-corrected chi connectivity index (χ3v) is 2.92. The highest BCUT2D eigenvalue weighted by Crippen LogP contribution is 2.19.